The van der Waals surface area contributed by atoms with Crippen molar-refractivity contribution >= 4 is 23.4 Å². The molecule has 5 rings (SSSR count). The number of hydrogen-bond donors (Lipinski definition) is 3. The Morgan fingerprint density at radius 1 is 1.05 bits per heavy atom. The van der Waals surface area contributed by atoms with Crippen LogP contribution in [0.2, 0.25) is 0 Å². The van der Waals surface area contributed by atoms with Crippen LogP contribution in [0.15, 0.2) is 89.5 Å². The van der Waals surface area contributed by atoms with Crippen LogP contribution in [0.25, 0.3) is 11.1 Å². The lowest BCUT2D eigenvalue weighted by Crippen LogP contribution is -2.50. The number of anilines is 1. The van der Waals surface area contributed by atoms with Crippen molar-refractivity contribution in [3.8, 4) is 16.9 Å². The number of fused-ring (bicyclic) bond motifs is 1. The number of amides is 3. The molecule has 44 heavy (non-hydrogen) atoms. The topological polar surface area (TPSA) is 127 Å². The Hall–Kier alpha value is -4.89. The highest BCUT2D eigenvalue weighted by Gasteiger charge is 2.33. The fraction of sp³-hybridized carbons (Fsp3) is 0.286. The van der Waals surface area contributed by atoms with E-state index in [1.165, 1.54) is 0 Å². The van der Waals surface area contributed by atoms with E-state index >= 15 is 0 Å². The Morgan fingerprint density at radius 3 is 2.52 bits per heavy atom. The van der Waals surface area contributed by atoms with Crippen LogP contribution in [-0.4, -0.2) is 36.4 Å². The number of hydrogen-bond acceptors (Lipinski definition) is 6. The first-order chi connectivity index (χ1) is 21.1. The molecule has 228 valence electrons. The number of carbonyl (C=O) groups is 3. The number of nitrogens with two attached hydrogens (primary N) is 1. The van der Waals surface area contributed by atoms with Gasteiger partial charge in [-0.1, -0.05) is 42.5 Å². The maximum absolute atomic E-state index is 14.1. The predicted octanol–water partition coefficient (Wildman–Crippen LogP) is 4.98. The molecule has 0 bridgehead atoms. The first kappa shape index (κ1) is 30.6. The van der Waals surface area contributed by atoms with Crippen LogP contribution >= 0.6 is 0 Å². The lowest BCUT2D eigenvalue weighted by molar-refractivity contribution is -0.128. The minimum Gasteiger partial charge on any atom is -0.497 e. The van der Waals surface area contributed by atoms with Gasteiger partial charge in [-0.2, -0.15) is 0 Å². The number of carbonyl (C=O) groups excluding carboxylic acids is 3. The highest BCUT2D eigenvalue weighted by atomic mass is 16.5. The van der Waals surface area contributed by atoms with Gasteiger partial charge in [0.15, 0.2) is 0 Å². The summed E-state index contributed by atoms with van der Waals surface area (Å²) in [6.45, 7) is 4.70. The molecule has 2 heterocycles. The second-order valence-corrected chi connectivity index (χ2v) is 11.7. The van der Waals surface area contributed by atoms with E-state index in [-0.39, 0.29) is 18.2 Å². The van der Waals surface area contributed by atoms with Gasteiger partial charge < -0.3 is 30.4 Å². The van der Waals surface area contributed by atoms with E-state index in [0.29, 0.717) is 37.2 Å². The van der Waals surface area contributed by atoms with Crippen molar-refractivity contribution in [3.63, 3.8) is 0 Å². The van der Waals surface area contributed by atoms with E-state index in [2.05, 4.69) is 10.6 Å². The number of benzene rings is 3. The maximum atomic E-state index is 14.1. The fourth-order valence-corrected chi connectivity index (χ4v) is 5.55. The Morgan fingerprint density at radius 2 is 1.82 bits per heavy atom. The maximum Gasteiger partial charge on any atom is 0.249 e. The van der Waals surface area contributed by atoms with Crippen LogP contribution < -0.4 is 26.0 Å². The van der Waals surface area contributed by atoms with Gasteiger partial charge in [-0.05, 0) is 85.3 Å². The van der Waals surface area contributed by atoms with Crippen LogP contribution in [0.5, 0.6) is 5.75 Å². The molecular weight excluding hydrogens is 556 g/mol. The minimum absolute atomic E-state index is 0.174. The first-order valence-electron chi connectivity index (χ1n) is 14.7. The van der Waals surface area contributed by atoms with E-state index in [9.17, 15) is 14.4 Å². The fourth-order valence-electron chi connectivity index (χ4n) is 5.55. The first-order valence-corrected chi connectivity index (χ1v) is 14.7. The number of nitrogens with zero attached hydrogens (tertiary/aromatic N) is 1. The molecule has 0 radical (unpaired) electrons. The van der Waals surface area contributed by atoms with Crippen LogP contribution in [-0.2, 0) is 29.1 Å². The molecule has 0 saturated carbocycles. The summed E-state index contributed by atoms with van der Waals surface area (Å²) in [6.07, 6.45) is 2.87. The van der Waals surface area contributed by atoms with Gasteiger partial charge in [0.1, 0.15) is 17.6 Å². The van der Waals surface area contributed by atoms with Gasteiger partial charge in [-0.25, -0.2) is 0 Å². The average molecular weight is 595 g/mol. The van der Waals surface area contributed by atoms with Crippen LogP contribution in [0.1, 0.15) is 53.9 Å². The van der Waals surface area contributed by atoms with Crippen molar-refractivity contribution in [2.45, 2.75) is 57.8 Å². The summed E-state index contributed by atoms with van der Waals surface area (Å²) >= 11 is 0. The van der Waals surface area contributed by atoms with Gasteiger partial charge in [0, 0.05) is 23.2 Å². The molecular formula is C35H38N4O5. The van der Waals surface area contributed by atoms with Gasteiger partial charge in [0.25, 0.3) is 0 Å². The molecule has 4 N–H and O–H groups in total. The number of primary amides is 1. The number of rotatable bonds is 11. The summed E-state index contributed by atoms with van der Waals surface area (Å²) in [7, 11) is 1.62. The summed E-state index contributed by atoms with van der Waals surface area (Å²) in [6, 6.07) is 23.6. The number of methoxy groups -OCH3 is 1. The molecule has 0 aliphatic carbocycles. The Labute approximate surface area is 257 Å². The molecule has 0 fully saturated rings. The van der Waals surface area contributed by atoms with Crippen LogP contribution in [0.4, 0.5) is 5.69 Å². The third-order valence-electron chi connectivity index (χ3n) is 7.90. The minimum atomic E-state index is -0.691. The quantitative estimate of drug-likeness (QED) is 0.225. The lowest BCUT2D eigenvalue weighted by atomic mass is 9.98. The number of nitrogens with one attached hydrogen (secondary N) is 2. The molecule has 3 amide bonds. The molecule has 3 aromatic carbocycles. The lowest BCUT2D eigenvalue weighted by Gasteiger charge is -2.29. The highest BCUT2D eigenvalue weighted by Crippen LogP contribution is 2.32. The largest absolute Gasteiger partial charge is 0.497 e. The van der Waals surface area contributed by atoms with Crippen LogP contribution in [0.3, 0.4) is 0 Å². The van der Waals surface area contributed by atoms with Crippen molar-refractivity contribution < 1.29 is 23.5 Å². The van der Waals surface area contributed by atoms with Crippen molar-refractivity contribution in [2.75, 3.05) is 12.0 Å². The Kier molecular flexibility index (Phi) is 9.15. The molecule has 0 saturated heterocycles. The van der Waals surface area contributed by atoms with Gasteiger partial charge >= 0.3 is 0 Å². The molecule has 1 aliphatic heterocycles. The summed E-state index contributed by atoms with van der Waals surface area (Å²) in [5.74, 6) is 0.622. The zero-order valence-electron chi connectivity index (χ0n) is 25.3. The van der Waals surface area contributed by atoms with Gasteiger partial charge in [-0.3, -0.25) is 14.4 Å². The van der Waals surface area contributed by atoms with Gasteiger partial charge in [-0.15, -0.1) is 0 Å². The predicted molar refractivity (Wildman–Crippen MR) is 169 cm³/mol. The molecule has 1 aliphatic rings. The monoisotopic (exact) mass is 594 g/mol. The summed E-state index contributed by atoms with van der Waals surface area (Å²) < 4.78 is 10.9. The molecule has 1 atom stereocenters. The zero-order chi connectivity index (χ0) is 31.3. The molecule has 9 nitrogen and oxygen atoms in total. The van der Waals surface area contributed by atoms with E-state index < -0.39 is 17.5 Å². The van der Waals surface area contributed by atoms with Gasteiger partial charge in [0.2, 0.25) is 17.7 Å². The SMILES string of the molecule is COc1ccc2c(c1)CC[C@@H](NC(=O)CC(C)(C)NCc1ccco1)C(=O)N2Cc1ccc(-c2ccccc2C(N)=O)cc1. The van der Waals surface area contributed by atoms with E-state index in [1.807, 2.05) is 80.6 Å². The summed E-state index contributed by atoms with van der Waals surface area (Å²) in [5.41, 5.74) is 9.78. The van der Waals surface area contributed by atoms with E-state index in [4.69, 9.17) is 14.9 Å². The smallest absolute Gasteiger partial charge is 0.249 e. The Bertz CT molecular complexity index is 1630. The molecule has 1 aromatic heterocycles. The van der Waals surface area contributed by atoms with E-state index in [1.54, 1.807) is 30.4 Å². The molecule has 0 unspecified atom stereocenters. The third kappa shape index (κ3) is 7.18. The number of ether oxygens (including phenoxy) is 1. The average Bonchev–Trinajstić information content (AvgIpc) is 3.51. The van der Waals surface area contributed by atoms with Crippen molar-refractivity contribution in [1.29, 1.82) is 0 Å². The summed E-state index contributed by atoms with van der Waals surface area (Å²) in [5, 5.41) is 6.37. The summed E-state index contributed by atoms with van der Waals surface area (Å²) in [4.78, 5) is 41.0. The van der Waals surface area contributed by atoms with Crippen LogP contribution in [0, 0.1) is 0 Å². The van der Waals surface area contributed by atoms with Crippen molar-refractivity contribution in [3.05, 3.63) is 108 Å². The third-order valence-corrected chi connectivity index (χ3v) is 7.90. The number of aryl methyl sites for hydroxylation is 1. The molecule has 0 spiro atoms. The van der Waals surface area contributed by atoms with E-state index in [0.717, 1.165) is 33.7 Å². The Balaban J connectivity index is 1.34. The molecule has 4 aromatic rings. The standard InChI is InChI=1S/C35H38N4O5/c1-35(2,37-21-27-7-6-18-44-27)20-32(40)38-30-16-14-25-19-26(43-3)15-17-31(25)39(34(30)42)22-23-10-12-24(13-11-23)28-8-4-5-9-29(28)33(36)41/h4-13,15,17-19,30,37H,14,16,20-22H2,1-3H3,(H2,36,41)(H,38,40)/t30-/m1/s1. The number of furan rings is 1. The second-order valence-electron chi connectivity index (χ2n) is 11.7. The second kappa shape index (κ2) is 13.2. The molecule has 9 heteroatoms. The normalized spacial score (nSPS) is 14.9. The van der Waals surface area contributed by atoms with Crippen molar-refractivity contribution in [1.82, 2.24) is 10.6 Å². The highest BCUT2D eigenvalue weighted by molar-refractivity contribution is 6.01. The van der Waals surface area contributed by atoms with Gasteiger partial charge in [0.05, 0.1) is 26.5 Å². The zero-order valence-corrected chi connectivity index (χ0v) is 25.3. The van der Waals surface area contributed by atoms with Crippen molar-refractivity contribution in [2.24, 2.45) is 5.73 Å².